The zero-order valence-corrected chi connectivity index (χ0v) is 32.2. The van der Waals surface area contributed by atoms with E-state index in [-0.39, 0.29) is 44.0 Å². The third kappa shape index (κ3) is 7.19. The minimum atomic E-state index is -3.86. The molecule has 2 N–H and O–H groups in total. The van der Waals surface area contributed by atoms with E-state index in [1.54, 1.807) is 10.6 Å². The van der Waals surface area contributed by atoms with Crippen LogP contribution in [0.15, 0.2) is 61.2 Å². The van der Waals surface area contributed by atoms with Gasteiger partial charge < -0.3 is 15.1 Å². The predicted molar refractivity (Wildman–Crippen MR) is 206 cm³/mol. The molecule has 2 saturated carbocycles. The number of carbonyl (C=O) groups excluding carboxylic acids is 5. The molecule has 4 fully saturated rings. The summed E-state index contributed by atoms with van der Waals surface area (Å²) < 4.78 is 29.4. The van der Waals surface area contributed by atoms with Crippen LogP contribution in [0.25, 0.3) is 21.8 Å². The highest BCUT2D eigenvalue weighted by atomic mass is 32.2. The van der Waals surface area contributed by atoms with Crippen LogP contribution in [0.5, 0.6) is 0 Å². The molecule has 12 nitrogen and oxygen atoms in total. The number of Topliss-reactive ketones (excluding diaryl/α,β-unsaturated/α-hetero) is 1. The second-order valence-electron chi connectivity index (χ2n) is 16.8. The van der Waals surface area contributed by atoms with Crippen LogP contribution in [0.2, 0.25) is 0 Å². The average molecular weight is 758 g/mol. The number of fused-ring (bicyclic) bond motifs is 3. The first kappa shape index (κ1) is 37.8. The van der Waals surface area contributed by atoms with Crippen LogP contribution in [0.3, 0.4) is 0 Å². The number of carbonyl (C=O) groups is 5. The third-order valence-corrected chi connectivity index (χ3v) is 13.9. The second-order valence-corrected chi connectivity index (χ2v) is 18.8. The Morgan fingerprint density at radius 1 is 0.944 bits per heavy atom. The van der Waals surface area contributed by atoms with Crippen LogP contribution in [0.1, 0.15) is 78.6 Å². The molecule has 4 amide bonds. The Kier molecular flexibility index (Phi) is 9.99. The smallest absolute Gasteiger partial charge is 0.326 e. The molecule has 288 valence electrons. The molecule has 0 spiro atoms. The topological polar surface area (TPSA) is 155 Å². The number of hydrogen-bond donors (Lipinski definition) is 2. The molecule has 4 aliphatic rings. The Morgan fingerprint density at radius 2 is 1.56 bits per heavy atom. The van der Waals surface area contributed by atoms with Gasteiger partial charge in [0.05, 0.1) is 39.7 Å². The molecule has 2 aromatic carbocycles. The van der Waals surface area contributed by atoms with Crippen molar-refractivity contribution < 1.29 is 32.4 Å². The maximum atomic E-state index is 14.8. The lowest BCUT2D eigenvalue weighted by Gasteiger charge is -2.36. The van der Waals surface area contributed by atoms with E-state index in [1.807, 2.05) is 74.2 Å². The molecule has 2 saturated heterocycles. The number of nitrogens with zero attached hydrogens (tertiary/aromatic N) is 3. The van der Waals surface area contributed by atoms with Crippen molar-refractivity contribution in [3.05, 3.63) is 61.2 Å². The van der Waals surface area contributed by atoms with Gasteiger partial charge in [-0.3, -0.25) is 28.5 Å². The summed E-state index contributed by atoms with van der Waals surface area (Å²) in [7, 11) is -3.86. The first-order chi connectivity index (χ1) is 25.6. The largest absolute Gasteiger partial charge is 0.343 e. The monoisotopic (exact) mass is 757 g/mol. The SMILES string of the molecule is C=C[C@@H]1C[C@]1(CC(=O)[C@@H]1C[C@@H](NC(=O)n2c3ccccc3c3ccccc32)CN1C(=O)[C@@H](CC(=O)N1CCCCC1)C(C)(C)C)C(=O)NS(=O)(=O)C1CC1. The predicted octanol–water partition coefficient (Wildman–Crippen LogP) is 5.15. The van der Waals surface area contributed by atoms with Gasteiger partial charge in [0.1, 0.15) is 0 Å². The number of aromatic nitrogens is 1. The fourth-order valence-corrected chi connectivity index (χ4v) is 9.97. The summed E-state index contributed by atoms with van der Waals surface area (Å²) in [5.41, 5.74) is -0.495. The van der Waals surface area contributed by atoms with Gasteiger partial charge in [0.15, 0.2) is 5.78 Å². The quantitative estimate of drug-likeness (QED) is 0.257. The van der Waals surface area contributed by atoms with Crippen molar-refractivity contribution in [1.82, 2.24) is 24.4 Å². The third-order valence-electron chi connectivity index (χ3n) is 12.1. The van der Waals surface area contributed by atoms with Crippen LogP contribution < -0.4 is 10.0 Å². The lowest BCUT2D eigenvalue weighted by molar-refractivity contribution is -0.148. The standard InChI is InChI=1S/C41H51N5O7S/c1-5-26-23-41(26,38(50)43-54(52,53)28-17-18-28)24-35(47)34-21-27(42-39(51)46-32-15-9-7-13-29(32)30-14-8-10-16-33(30)46)25-45(34)37(49)31(40(2,3)4)22-36(48)44-19-11-6-12-20-44/h5,7-10,13-16,26-28,31,34H,1,6,11-12,17-25H2,2-4H3,(H,42,51)(H,43,50)/t26-,27-,31-,34+,41-/m1/s1. The van der Waals surface area contributed by atoms with Gasteiger partial charge in [-0.1, -0.05) is 63.2 Å². The molecule has 54 heavy (non-hydrogen) atoms. The summed E-state index contributed by atoms with van der Waals surface area (Å²) in [6, 6.07) is 13.2. The van der Waals surface area contributed by atoms with Gasteiger partial charge in [-0.05, 0) is 68.4 Å². The lowest BCUT2D eigenvalue weighted by Crippen LogP contribution is -2.50. The van der Waals surface area contributed by atoms with E-state index in [0.717, 1.165) is 41.1 Å². The van der Waals surface area contributed by atoms with Crippen LogP contribution in [-0.4, -0.2) is 89.3 Å². The summed E-state index contributed by atoms with van der Waals surface area (Å²) in [6.07, 6.45) is 5.49. The Labute approximate surface area is 316 Å². The Balaban J connectivity index is 1.18. The van der Waals surface area contributed by atoms with Gasteiger partial charge in [0.25, 0.3) is 0 Å². The summed E-state index contributed by atoms with van der Waals surface area (Å²) in [5.74, 6) is -2.73. The van der Waals surface area contributed by atoms with Crippen molar-refractivity contribution in [2.24, 2.45) is 22.7 Å². The minimum Gasteiger partial charge on any atom is -0.343 e. The number of benzene rings is 2. The number of hydrogen-bond acceptors (Lipinski definition) is 7. The van der Waals surface area contributed by atoms with Gasteiger partial charge in [-0.25, -0.2) is 13.2 Å². The number of amides is 4. The van der Waals surface area contributed by atoms with E-state index in [9.17, 15) is 32.4 Å². The van der Waals surface area contributed by atoms with Crippen molar-refractivity contribution in [3.63, 3.8) is 0 Å². The molecule has 0 unspecified atom stereocenters. The Bertz CT molecular complexity index is 2070. The van der Waals surface area contributed by atoms with Crippen molar-refractivity contribution in [3.8, 4) is 0 Å². The van der Waals surface area contributed by atoms with E-state index in [2.05, 4.69) is 16.6 Å². The second kappa shape index (κ2) is 14.3. The van der Waals surface area contributed by atoms with Gasteiger partial charge in [-0.2, -0.15) is 0 Å². The van der Waals surface area contributed by atoms with Crippen LogP contribution >= 0.6 is 0 Å². The van der Waals surface area contributed by atoms with Gasteiger partial charge in [0.2, 0.25) is 27.7 Å². The van der Waals surface area contributed by atoms with Crippen LogP contribution in [0, 0.1) is 22.7 Å². The molecule has 7 rings (SSSR count). The number of allylic oxidation sites excluding steroid dienone is 1. The lowest BCUT2D eigenvalue weighted by atomic mass is 9.77. The van der Waals surface area contributed by atoms with Crippen LogP contribution in [-0.2, 0) is 29.2 Å². The minimum absolute atomic E-state index is 0.0119. The summed E-state index contributed by atoms with van der Waals surface area (Å²) in [6.45, 7) is 10.9. The van der Waals surface area contributed by atoms with E-state index in [4.69, 9.17) is 0 Å². The van der Waals surface area contributed by atoms with Gasteiger partial charge in [0, 0.05) is 43.2 Å². The molecule has 3 aromatic rings. The molecule has 5 atom stereocenters. The van der Waals surface area contributed by atoms with Crippen molar-refractivity contribution in [1.29, 1.82) is 0 Å². The van der Waals surface area contributed by atoms with Gasteiger partial charge in [-0.15, -0.1) is 6.58 Å². The summed E-state index contributed by atoms with van der Waals surface area (Å²) in [5, 5.41) is 4.33. The number of piperidine rings is 1. The maximum absolute atomic E-state index is 14.8. The Morgan fingerprint density at radius 3 is 2.11 bits per heavy atom. The first-order valence-corrected chi connectivity index (χ1v) is 20.8. The number of nitrogens with one attached hydrogen (secondary N) is 2. The van der Waals surface area contributed by atoms with E-state index in [0.29, 0.717) is 25.9 Å². The molecule has 3 heterocycles. The normalized spacial score (nSPS) is 25.0. The zero-order chi connectivity index (χ0) is 38.6. The van der Waals surface area contributed by atoms with Crippen LogP contribution in [0.4, 0.5) is 4.79 Å². The number of ketones is 1. The summed E-state index contributed by atoms with van der Waals surface area (Å²) in [4.78, 5) is 73.9. The molecule has 2 aliphatic carbocycles. The van der Waals surface area contributed by atoms with Crippen molar-refractivity contribution in [2.75, 3.05) is 19.6 Å². The highest BCUT2D eigenvalue weighted by Gasteiger charge is 2.61. The number of rotatable bonds is 11. The molecule has 1 aromatic heterocycles. The molecule has 0 radical (unpaired) electrons. The van der Waals surface area contributed by atoms with Gasteiger partial charge >= 0.3 is 6.03 Å². The van der Waals surface area contributed by atoms with Crippen molar-refractivity contribution in [2.45, 2.75) is 95.9 Å². The number of sulfonamides is 1. The molecular formula is C41H51N5O7S. The maximum Gasteiger partial charge on any atom is 0.326 e. The fourth-order valence-electron chi connectivity index (χ4n) is 8.59. The Hall–Kier alpha value is -4.52. The van der Waals surface area contributed by atoms with E-state index < -0.39 is 67.7 Å². The molecule has 0 bridgehead atoms. The molecule has 2 aliphatic heterocycles. The summed E-state index contributed by atoms with van der Waals surface area (Å²) >= 11 is 0. The van der Waals surface area contributed by atoms with E-state index in [1.165, 1.54) is 4.90 Å². The molecule has 13 heteroatoms. The zero-order valence-electron chi connectivity index (χ0n) is 31.4. The highest BCUT2D eigenvalue weighted by Crippen LogP contribution is 2.57. The first-order valence-electron chi connectivity index (χ1n) is 19.2. The fraction of sp³-hybridized carbons (Fsp3) is 0.537. The number of likely N-dealkylation sites (tertiary alicyclic amines) is 2. The van der Waals surface area contributed by atoms with Crippen molar-refractivity contribution >= 4 is 61.4 Å². The van der Waals surface area contributed by atoms with E-state index >= 15 is 0 Å². The average Bonchev–Trinajstić information content (AvgIpc) is 4.05. The number of para-hydroxylation sites is 2. The molecular weight excluding hydrogens is 707 g/mol. The highest BCUT2D eigenvalue weighted by molar-refractivity contribution is 7.90.